The molecule has 0 aliphatic heterocycles. The summed E-state index contributed by atoms with van der Waals surface area (Å²) >= 11 is 0. The van der Waals surface area contributed by atoms with Gasteiger partial charge in [0.25, 0.3) is 0 Å². The molecule has 0 saturated heterocycles. The molecule has 2 saturated carbocycles. The molecular weight excluding hydrogens is 115 g/mol. The zero-order valence-electron chi connectivity index (χ0n) is 7.04. The van der Waals surface area contributed by atoms with Crippen LogP contribution in [0.2, 0.25) is 0 Å². The van der Waals surface area contributed by atoms with E-state index < -0.39 is 0 Å². The maximum absolute atomic E-state index is 4.05. The first kappa shape index (κ1) is 8.31. The third-order valence-corrected chi connectivity index (χ3v) is 2.81. The fourth-order valence-electron chi connectivity index (χ4n) is 2.24. The molecule has 0 heterocycles. The monoisotopic (exact) mass is 128 g/mol. The van der Waals surface area contributed by atoms with Crippen LogP contribution < -0.4 is 18.9 Å². The Bertz CT molecular complexity index is 162. The summed E-state index contributed by atoms with van der Waals surface area (Å²) in [5, 5.41) is 0. The van der Waals surface area contributed by atoms with E-state index in [9.17, 15) is 0 Å². The molecule has 50 valence electrons. The van der Waals surface area contributed by atoms with Gasteiger partial charge in [-0.15, -0.1) is 0 Å². The Balaban J connectivity index is 0.000000500. The van der Waals surface area contributed by atoms with E-state index in [-0.39, 0.29) is 18.9 Å². The Kier molecular flexibility index (Phi) is 1.96. The van der Waals surface area contributed by atoms with Gasteiger partial charge in [-0.2, -0.15) is 0 Å². The first-order valence-electron chi connectivity index (χ1n) is 3.72. The van der Waals surface area contributed by atoms with Crippen molar-refractivity contribution in [2.75, 3.05) is 0 Å². The second-order valence-corrected chi connectivity index (χ2v) is 3.87. The van der Waals surface area contributed by atoms with Crippen molar-refractivity contribution in [3.63, 3.8) is 0 Å². The number of hydrogen-bond acceptors (Lipinski definition) is 0. The molecule has 10 heavy (non-hydrogen) atoms. The molecule has 0 aromatic carbocycles. The van der Waals surface area contributed by atoms with Crippen molar-refractivity contribution in [1.29, 1.82) is 0 Å². The first-order chi connectivity index (χ1) is 4.20. The maximum atomic E-state index is 4.05. The molecule has 0 radical (unpaired) electrons. The quantitative estimate of drug-likeness (QED) is 0.311. The fraction of sp³-hybridized carbons (Fsp3) is 0.667. The van der Waals surface area contributed by atoms with Gasteiger partial charge in [0, 0.05) is 0 Å². The smallest absolute Gasteiger partial charge is 0.242 e. The van der Waals surface area contributed by atoms with Crippen molar-refractivity contribution < 1.29 is 18.9 Å². The molecule has 0 amide bonds. The largest absolute Gasteiger partial charge is 1.00 e. The summed E-state index contributed by atoms with van der Waals surface area (Å²) in [6.45, 7) is 6.43. The van der Waals surface area contributed by atoms with Crippen LogP contribution in [0.3, 0.4) is 0 Å². The van der Waals surface area contributed by atoms with Gasteiger partial charge < -0.3 is 0 Å². The van der Waals surface area contributed by atoms with Crippen LogP contribution in [-0.2, 0) is 0 Å². The Labute approximate surface area is 75.3 Å². The van der Waals surface area contributed by atoms with Gasteiger partial charge in [-0.1, -0.05) is 32.6 Å². The van der Waals surface area contributed by atoms with Crippen molar-refractivity contribution in [3.05, 3.63) is 18.1 Å². The molecule has 2 aliphatic carbocycles. The van der Waals surface area contributed by atoms with Crippen LogP contribution in [0.4, 0.5) is 0 Å². The topological polar surface area (TPSA) is 0 Å². The van der Waals surface area contributed by atoms with E-state index >= 15 is 0 Å². The Morgan fingerprint density at radius 2 is 2.30 bits per heavy atom. The minimum atomic E-state index is 0. The summed E-state index contributed by atoms with van der Waals surface area (Å²) in [4.78, 5) is 0. The van der Waals surface area contributed by atoms with Crippen LogP contribution in [0.25, 0.3) is 0 Å². The third kappa shape index (κ3) is 1.04. The van der Waals surface area contributed by atoms with Crippen molar-refractivity contribution in [1.82, 2.24) is 0 Å². The molecular formula is C9H13Li. The summed E-state index contributed by atoms with van der Waals surface area (Å²) in [5.41, 5.74) is 2.09. The minimum absolute atomic E-state index is 0. The maximum Gasteiger partial charge on any atom is 1.00 e. The summed E-state index contributed by atoms with van der Waals surface area (Å²) in [7, 11) is 0. The van der Waals surface area contributed by atoms with Crippen LogP contribution in [0.1, 0.15) is 32.6 Å². The molecule has 1 unspecified atom stereocenters. The summed E-state index contributed by atoms with van der Waals surface area (Å²) < 4.78 is 0. The standard InChI is InChI=1S/C9H13.Li/c1-7-5-9(2)4-3-8(7)6-9;/h1,3-6H2,2H3;/q-1;+1. The summed E-state index contributed by atoms with van der Waals surface area (Å²) in [6, 6.07) is 0. The Morgan fingerprint density at radius 3 is 2.50 bits per heavy atom. The van der Waals surface area contributed by atoms with Crippen molar-refractivity contribution >= 4 is 0 Å². The van der Waals surface area contributed by atoms with Crippen molar-refractivity contribution in [2.45, 2.75) is 32.6 Å². The molecule has 2 rings (SSSR count). The van der Waals surface area contributed by atoms with Crippen LogP contribution in [0, 0.1) is 11.3 Å². The van der Waals surface area contributed by atoms with Crippen LogP contribution in [0.5, 0.6) is 0 Å². The SMILES string of the molecule is C=C1CC2(C)CC[C-]1C2.[Li+]. The number of hydrogen-bond donors (Lipinski definition) is 0. The molecule has 2 fully saturated rings. The minimum Gasteiger partial charge on any atom is -0.242 e. The third-order valence-electron chi connectivity index (χ3n) is 2.81. The van der Waals surface area contributed by atoms with Gasteiger partial charge in [0.2, 0.25) is 0 Å². The van der Waals surface area contributed by atoms with E-state index in [1.807, 2.05) is 0 Å². The number of allylic oxidation sites excluding steroid dienone is 1. The average Bonchev–Trinajstić information content (AvgIpc) is 2.20. The van der Waals surface area contributed by atoms with Gasteiger partial charge in [0.1, 0.15) is 0 Å². The fourth-order valence-corrected chi connectivity index (χ4v) is 2.24. The zero-order chi connectivity index (χ0) is 6.48. The van der Waals surface area contributed by atoms with Gasteiger partial charge in [-0.3, -0.25) is 0 Å². The molecule has 0 N–H and O–H groups in total. The van der Waals surface area contributed by atoms with E-state index in [1.165, 1.54) is 31.3 Å². The second kappa shape index (κ2) is 2.36. The van der Waals surface area contributed by atoms with Crippen molar-refractivity contribution in [2.24, 2.45) is 5.41 Å². The Morgan fingerprint density at radius 1 is 1.60 bits per heavy atom. The molecule has 0 aromatic heterocycles. The van der Waals surface area contributed by atoms with Crippen LogP contribution in [-0.4, -0.2) is 0 Å². The first-order valence-corrected chi connectivity index (χ1v) is 3.72. The molecule has 1 heteroatoms. The van der Waals surface area contributed by atoms with E-state index in [1.54, 1.807) is 5.92 Å². The molecule has 0 aromatic rings. The molecule has 0 spiro atoms. The summed E-state index contributed by atoms with van der Waals surface area (Å²) in [6.07, 6.45) is 5.39. The molecule has 2 aliphatic rings. The van der Waals surface area contributed by atoms with Gasteiger partial charge in [-0.05, 0) is 5.41 Å². The normalized spacial score (nSPS) is 36.5. The van der Waals surface area contributed by atoms with Gasteiger partial charge in [0.15, 0.2) is 0 Å². The molecule has 2 bridgehead atoms. The van der Waals surface area contributed by atoms with Crippen LogP contribution in [0.15, 0.2) is 12.2 Å². The van der Waals surface area contributed by atoms with Gasteiger partial charge in [0.05, 0.1) is 0 Å². The zero-order valence-corrected chi connectivity index (χ0v) is 7.04. The van der Waals surface area contributed by atoms with E-state index in [0.29, 0.717) is 5.41 Å². The second-order valence-electron chi connectivity index (χ2n) is 3.87. The summed E-state index contributed by atoms with van der Waals surface area (Å²) in [5.74, 6) is 1.66. The van der Waals surface area contributed by atoms with Gasteiger partial charge in [-0.25, -0.2) is 18.1 Å². The molecule has 1 atom stereocenters. The van der Waals surface area contributed by atoms with Gasteiger partial charge >= 0.3 is 18.9 Å². The van der Waals surface area contributed by atoms with Crippen molar-refractivity contribution in [3.8, 4) is 0 Å². The Hall–Kier alpha value is 0.207. The van der Waals surface area contributed by atoms with E-state index in [0.717, 1.165) is 0 Å². The number of fused-ring (bicyclic) bond motifs is 2. The van der Waals surface area contributed by atoms with Crippen LogP contribution >= 0.6 is 0 Å². The predicted octanol–water partition coefficient (Wildman–Crippen LogP) is -0.285. The van der Waals surface area contributed by atoms with E-state index in [4.69, 9.17) is 0 Å². The predicted molar refractivity (Wildman–Crippen MR) is 39.0 cm³/mol. The van der Waals surface area contributed by atoms with E-state index in [2.05, 4.69) is 13.5 Å². The average molecular weight is 128 g/mol. The molecule has 0 nitrogen and oxygen atoms in total. The number of rotatable bonds is 0.